The van der Waals surface area contributed by atoms with Gasteiger partial charge in [0.2, 0.25) is 0 Å². The van der Waals surface area contributed by atoms with Gasteiger partial charge in [-0.1, -0.05) is 28.4 Å². The number of aromatic nitrogens is 3. The van der Waals surface area contributed by atoms with Crippen LogP contribution in [0.5, 0.6) is 5.75 Å². The Morgan fingerprint density at radius 1 is 1.05 bits per heavy atom. The van der Waals surface area contributed by atoms with Gasteiger partial charge in [0.05, 0.1) is 5.52 Å². The molecule has 21 heavy (non-hydrogen) atoms. The van der Waals surface area contributed by atoms with Crippen LogP contribution >= 0.6 is 23.2 Å². The molecule has 3 aromatic rings. The summed E-state index contributed by atoms with van der Waals surface area (Å²) >= 11 is 11.6. The van der Waals surface area contributed by atoms with Crippen LogP contribution in [-0.4, -0.2) is 23.8 Å². The van der Waals surface area contributed by atoms with E-state index >= 15 is 0 Å². The second-order valence-corrected chi connectivity index (χ2v) is 6.52. The zero-order valence-electron chi connectivity index (χ0n) is 10.2. The van der Waals surface area contributed by atoms with Gasteiger partial charge in [-0.3, -0.25) is 5.10 Å². The molecule has 6 nitrogen and oxygen atoms in total. The SMILES string of the molecule is O=S(=O)(Oc1cc(Cl)cc2[nH]nnc12)c1ccc(Cl)cc1. The third-order valence-electron chi connectivity index (χ3n) is 2.66. The van der Waals surface area contributed by atoms with Crippen LogP contribution in [0.3, 0.4) is 0 Å². The number of aromatic amines is 1. The first kappa shape index (κ1) is 14.1. The van der Waals surface area contributed by atoms with Crippen molar-refractivity contribution in [1.29, 1.82) is 0 Å². The average molecular weight is 344 g/mol. The average Bonchev–Trinajstić information content (AvgIpc) is 2.87. The predicted molar refractivity (Wildman–Crippen MR) is 78.2 cm³/mol. The van der Waals surface area contributed by atoms with Crippen molar-refractivity contribution in [3.63, 3.8) is 0 Å². The van der Waals surface area contributed by atoms with Gasteiger partial charge >= 0.3 is 10.1 Å². The minimum absolute atomic E-state index is 0.00111. The van der Waals surface area contributed by atoms with Gasteiger partial charge in [0.15, 0.2) is 11.3 Å². The van der Waals surface area contributed by atoms with E-state index in [1.165, 1.54) is 30.3 Å². The van der Waals surface area contributed by atoms with E-state index in [1.54, 1.807) is 6.07 Å². The van der Waals surface area contributed by atoms with Crippen LogP contribution < -0.4 is 4.18 Å². The highest BCUT2D eigenvalue weighted by Gasteiger charge is 2.19. The molecule has 3 rings (SSSR count). The fourth-order valence-corrected chi connectivity index (χ4v) is 2.99. The smallest absolute Gasteiger partial charge is 0.339 e. The molecule has 0 fully saturated rings. The zero-order chi connectivity index (χ0) is 15.0. The number of halogens is 2. The first-order chi connectivity index (χ1) is 9.95. The van der Waals surface area contributed by atoms with Crippen molar-refractivity contribution >= 4 is 44.4 Å². The molecule has 0 atom stereocenters. The van der Waals surface area contributed by atoms with Crippen LogP contribution in [0.15, 0.2) is 41.3 Å². The summed E-state index contributed by atoms with van der Waals surface area (Å²) in [6.07, 6.45) is 0. The molecule has 1 heterocycles. The lowest BCUT2D eigenvalue weighted by atomic mass is 10.3. The summed E-state index contributed by atoms with van der Waals surface area (Å²) < 4.78 is 29.5. The Bertz CT molecular complexity index is 907. The minimum atomic E-state index is -4.02. The molecular weight excluding hydrogens is 337 g/mol. The van der Waals surface area contributed by atoms with Gasteiger partial charge in [0.25, 0.3) is 0 Å². The highest BCUT2D eigenvalue weighted by molar-refractivity contribution is 7.87. The number of benzene rings is 2. The number of nitrogens with zero attached hydrogens (tertiary/aromatic N) is 2. The monoisotopic (exact) mass is 343 g/mol. The summed E-state index contributed by atoms with van der Waals surface area (Å²) in [4.78, 5) is -0.0245. The van der Waals surface area contributed by atoms with Crippen LogP contribution in [-0.2, 0) is 10.1 Å². The van der Waals surface area contributed by atoms with E-state index in [-0.39, 0.29) is 16.2 Å². The minimum Gasteiger partial charge on any atom is -0.376 e. The molecule has 0 bridgehead atoms. The Hall–Kier alpha value is -1.83. The molecule has 0 saturated heterocycles. The quantitative estimate of drug-likeness (QED) is 0.738. The van der Waals surface area contributed by atoms with Gasteiger partial charge < -0.3 is 4.18 Å². The maximum absolute atomic E-state index is 12.2. The van der Waals surface area contributed by atoms with Gasteiger partial charge in [-0.25, -0.2) is 0 Å². The lowest BCUT2D eigenvalue weighted by Gasteiger charge is -2.07. The van der Waals surface area contributed by atoms with E-state index in [0.29, 0.717) is 15.6 Å². The van der Waals surface area contributed by atoms with Gasteiger partial charge in [-0.2, -0.15) is 8.42 Å². The number of rotatable bonds is 3. The lowest BCUT2D eigenvalue weighted by Crippen LogP contribution is -2.10. The Balaban J connectivity index is 2.05. The summed E-state index contributed by atoms with van der Waals surface area (Å²) in [5.41, 5.74) is 0.751. The van der Waals surface area contributed by atoms with Gasteiger partial charge in [0.1, 0.15) is 4.90 Å². The van der Waals surface area contributed by atoms with Crippen molar-refractivity contribution in [1.82, 2.24) is 15.4 Å². The summed E-state index contributed by atoms with van der Waals surface area (Å²) in [7, 11) is -4.02. The van der Waals surface area contributed by atoms with Crippen molar-refractivity contribution < 1.29 is 12.6 Å². The topological polar surface area (TPSA) is 84.9 Å². The molecule has 0 unspecified atom stereocenters. The maximum atomic E-state index is 12.2. The molecule has 9 heteroatoms. The Morgan fingerprint density at radius 2 is 1.76 bits per heavy atom. The van der Waals surface area contributed by atoms with Crippen LogP contribution in [0.25, 0.3) is 11.0 Å². The molecule has 0 amide bonds. The standard InChI is InChI=1S/C12H7Cl2N3O3S/c13-7-1-3-9(4-2-7)21(18,19)20-11-6-8(14)5-10-12(11)16-17-15-10/h1-6H,(H,15,16,17). The largest absolute Gasteiger partial charge is 0.376 e. The first-order valence-electron chi connectivity index (χ1n) is 5.66. The second kappa shape index (κ2) is 5.18. The molecule has 1 aromatic heterocycles. The summed E-state index contributed by atoms with van der Waals surface area (Å²) in [6.45, 7) is 0. The predicted octanol–water partition coefficient (Wildman–Crippen LogP) is 3.03. The summed E-state index contributed by atoms with van der Waals surface area (Å²) in [5.74, 6) is 0.00111. The van der Waals surface area contributed by atoms with E-state index in [0.717, 1.165) is 0 Å². The molecule has 2 aromatic carbocycles. The van der Waals surface area contributed by atoms with Crippen LogP contribution in [0, 0.1) is 0 Å². The van der Waals surface area contributed by atoms with Gasteiger partial charge in [-0.05, 0) is 30.3 Å². The number of nitrogens with one attached hydrogen (secondary N) is 1. The number of hydrogen-bond acceptors (Lipinski definition) is 5. The van der Waals surface area contributed by atoms with E-state index in [1.807, 2.05) is 0 Å². The van der Waals surface area contributed by atoms with Crippen molar-refractivity contribution in [2.24, 2.45) is 0 Å². The molecular formula is C12H7Cl2N3O3S. The van der Waals surface area contributed by atoms with E-state index in [9.17, 15) is 8.42 Å². The maximum Gasteiger partial charge on any atom is 0.339 e. The number of hydrogen-bond donors (Lipinski definition) is 1. The molecule has 108 valence electrons. The molecule has 1 N–H and O–H groups in total. The molecule has 0 spiro atoms. The van der Waals surface area contributed by atoms with Crippen molar-refractivity contribution in [3.05, 3.63) is 46.4 Å². The Labute approximate surface area is 129 Å². The zero-order valence-corrected chi connectivity index (χ0v) is 12.6. The van der Waals surface area contributed by atoms with E-state index in [4.69, 9.17) is 27.4 Å². The van der Waals surface area contributed by atoms with Gasteiger partial charge in [0, 0.05) is 16.1 Å². The highest BCUT2D eigenvalue weighted by atomic mass is 35.5. The molecule has 0 aliphatic heterocycles. The highest BCUT2D eigenvalue weighted by Crippen LogP contribution is 2.29. The Morgan fingerprint density at radius 3 is 2.48 bits per heavy atom. The normalized spacial score (nSPS) is 11.7. The molecule has 0 aliphatic rings. The van der Waals surface area contributed by atoms with Crippen LogP contribution in [0.2, 0.25) is 10.0 Å². The number of H-pyrrole nitrogens is 1. The third-order valence-corrected chi connectivity index (χ3v) is 4.38. The fourth-order valence-electron chi connectivity index (χ4n) is 1.72. The van der Waals surface area contributed by atoms with Gasteiger partial charge in [-0.15, -0.1) is 5.10 Å². The third kappa shape index (κ3) is 2.80. The fraction of sp³-hybridized carbons (Fsp3) is 0. The molecule has 0 aliphatic carbocycles. The number of fused-ring (bicyclic) bond motifs is 1. The van der Waals surface area contributed by atoms with Crippen LogP contribution in [0.1, 0.15) is 0 Å². The summed E-state index contributed by atoms with van der Waals surface area (Å²) in [6, 6.07) is 8.55. The molecule has 0 saturated carbocycles. The lowest BCUT2D eigenvalue weighted by molar-refractivity contribution is 0.488. The van der Waals surface area contributed by atoms with E-state index < -0.39 is 10.1 Å². The van der Waals surface area contributed by atoms with Crippen LogP contribution in [0.4, 0.5) is 0 Å². The van der Waals surface area contributed by atoms with Crippen molar-refractivity contribution in [2.75, 3.05) is 0 Å². The van der Waals surface area contributed by atoms with Crippen molar-refractivity contribution in [2.45, 2.75) is 4.90 Å². The van der Waals surface area contributed by atoms with Crippen molar-refractivity contribution in [3.8, 4) is 5.75 Å². The first-order valence-corrected chi connectivity index (χ1v) is 7.82. The second-order valence-electron chi connectivity index (χ2n) is 4.10. The summed E-state index contributed by atoms with van der Waals surface area (Å²) in [5, 5.41) is 10.7. The van der Waals surface area contributed by atoms with E-state index in [2.05, 4.69) is 15.4 Å². The Kier molecular flexibility index (Phi) is 3.48. The molecule has 0 radical (unpaired) electrons.